The molecule has 3 aliphatic rings. The second kappa shape index (κ2) is 15.6. The number of methoxy groups -OCH3 is 2. The van der Waals surface area contributed by atoms with Gasteiger partial charge in [0, 0.05) is 77.2 Å². The molecule has 1 aromatic rings. The second-order valence-corrected chi connectivity index (χ2v) is 11.8. The molecule has 0 spiro atoms. The minimum atomic E-state index is -0.197. The standard InChI is InChI=1S/C31H49N3O7/c1-22(2)33(30(35)24-6-9-28(38-4)29(16-24)40-13-5-12-37-3)19-25-17-32-18-26(25)20-34(27-7-8-27)31(36)41-21-23-10-14-39-15-11-23/h6,9,16,22-23,25-27,32H,5,7-8,10-15,17-21H2,1-4H3/t25-,26-/m0/s1. The Morgan fingerprint density at radius 3 is 2.39 bits per heavy atom. The van der Waals surface area contributed by atoms with Gasteiger partial charge in [-0.3, -0.25) is 4.79 Å². The normalized spacial score (nSPS) is 21.1. The van der Waals surface area contributed by atoms with Crippen molar-refractivity contribution >= 4 is 12.0 Å². The van der Waals surface area contributed by atoms with E-state index in [0.717, 1.165) is 58.4 Å². The van der Waals surface area contributed by atoms with Gasteiger partial charge in [-0.2, -0.15) is 0 Å². The van der Waals surface area contributed by atoms with Crippen LogP contribution in [0.5, 0.6) is 11.5 Å². The smallest absolute Gasteiger partial charge is 0.410 e. The number of amides is 2. The fraction of sp³-hybridized carbons (Fsp3) is 0.742. The SMILES string of the molecule is COCCCOc1cc(C(=O)N(C[C@@H]2CNC[C@H]2CN(C(=O)OCC2CCOCC2)C2CC2)C(C)C)ccc1OC. The molecule has 10 nitrogen and oxygen atoms in total. The van der Waals surface area contributed by atoms with Crippen LogP contribution in [0, 0.1) is 17.8 Å². The van der Waals surface area contributed by atoms with E-state index in [9.17, 15) is 9.59 Å². The molecule has 230 valence electrons. The maximum atomic E-state index is 13.8. The van der Waals surface area contributed by atoms with Crippen molar-refractivity contribution in [1.82, 2.24) is 15.1 Å². The van der Waals surface area contributed by atoms with Crippen LogP contribution >= 0.6 is 0 Å². The molecule has 1 aliphatic carbocycles. The van der Waals surface area contributed by atoms with Crippen LogP contribution in [0.15, 0.2) is 18.2 Å². The third-order valence-electron chi connectivity index (χ3n) is 8.39. The average molecular weight is 576 g/mol. The molecule has 0 aromatic heterocycles. The van der Waals surface area contributed by atoms with E-state index in [0.29, 0.717) is 55.9 Å². The molecule has 2 atom stereocenters. The molecule has 0 radical (unpaired) electrons. The number of hydrogen-bond acceptors (Lipinski definition) is 8. The lowest BCUT2D eigenvalue weighted by Gasteiger charge is -2.33. The first kappa shape index (κ1) is 31.4. The molecule has 10 heteroatoms. The van der Waals surface area contributed by atoms with Crippen molar-refractivity contribution in [3.8, 4) is 11.5 Å². The zero-order valence-electron chi connectivity index (χ0n) is 25.3. The van der Waals surface area contributed by atoms with Gasteiger partial charge in [0.2, 0.25) is 0 Å². The van der Waals surface area contributed by atoms with E-state index in [-0.39, 0.29) is 35.9 Å². The molecule has 2 heterocycles. The Kier molecular flexibility index (Phi) is 11.9. The first-order valence-electron chi connectivity index (χ1n) is 15.2. The van der Waals surface area contributed by atoms with Crippen LogP contribution in [-0.2, 0) is 14.2 Å². The van der Waals surface area contributed by atoms with E-state index in [1.807, 2.05) is 23.6 Å². The minimum Gasteiger partial charge on any atom is -0.493 e. The van der Waals surface area contributed by atoms with E-state index >= 15 is 0 Å². The third-order valence-corrected chi connectivity index (χ3v) is 8.39. The van der Waals surface area contributed by atoms with Crippen molar-refractivity contribution in [3.63, 3.8) is 0 Å². The maximum absolute atomic E-state index is 13.8. The largest absolute Gasteiger partial charge is 0.493 e. The molecule has 0 unspecified atom stereocenters. The number of carbonyl (C=O) groups excluding carboxylic acids is 2. The molecule has 1 aromatic carbocycles. The van der Waals surface area contributed by atoms with Gasteiger partial charge in [0.1, 0.15) is 0 Å². The summed E-state index contributed by atoms with van der Waals surface area (Å²) in [5.74, 6) is 1.97. The summed E-state index contributed by atoms with van der Waals surface area (Å²) in [6.45, 7) is 10.0. The molecular weight excluding hydrogens is 526 g/mol. The predicted molar refractivity (Wildman–Crippen MR) is 156 cm³/mol. The number of rotatable bonds is 15. The fourth-order valence-electron chi connectivity index (χ4n) is 5.67. The van der Waals surface area contributed by atoms with Gasteiger partial charge >= 0.3 is 6.09 Å². The zero-order valence-corrected chi connectivity index (χ0v) is 25.3. The van der Waals surface area contributed by atoms with E-state index in [1.165, 1.54) is 0 Å². The van der Waals surface area contributed by atoms with Crippen LogP contribution in [0.1, 0.15) is 56.3 Å². The summed E-state index contributed by atoms with van der Waals surface area (Å²) in [4.78, 5) is 30.8. The summed E-state index contributed by atoms with van der Waals surface area (Å²) in [7, 11) is 3.26. The molecule has 4 rings (SSSR count). The van der Waals surface area contributed by atoms with E-state index in [2.05, 4.69) is 5.32 Å². The van der Waals surface area contributed by atoms with Crippen molar-refractivity contribution in [1.29, 1.82) is 0 Å². The Morgan fingerprint density at radius 2 is 1.73 bits per heavy atom. The number of nitrogens with zero attached hydrogens (tertiary/aromatic N) is 2. The molecule has 2 aliphatic heterocycles. The van der Waals surface area contributed by atoms with E-state index in [4.69, 9.17) is 23.7 Å². The lowest BCUT2D eigenvalue weighted by Crippen LogP contribution is -2.45. The third kappa shape index (κ3) is 8.96. The summed E-state index contributed by atoms with van der Waals surface area (Å²) in [5, 5.41) is 3.51. The van der Waals surface area contributed by atoms with Crippen molar-refractivity contribution < 1.29 is 33.3 Å². The number of hydrogen-bond donors (Lipinski definition) is 1. The highest BCUT2D eigenvalue weighted by molar-refractivity contribution is 5.95. The van der Waals surface area contributed by atoms with Crippen LogP contribution in [0.3, 0.4) is 0 Å². The number of carbonyl (C=O) groups is 2. The Hall–Kier alpha value is -2.56. The number of ether oxygens (including phenoxy) is 5. The molecule has 41 heavy (non-hydrogen) atoms. The van der Waals surface area contributed by atoms with Gasteiger partial charge < -0.3 is 38.8 Å². The average Bonchev–Trinajstić information content (AvgIpc) is 3.74. The number of nitrogens with one attached hydrogen (secondary N) is 1. The quantitative estimate of drug-likeness (QED) is 0.315. The van der Waals surface area contributed by atoms with Crippen molar-refractivity contribution in [2.75, 3.05) is 73.4 Å². The summed E-state index contributed by atoms with van der Waals surface area (Å²) in [5.41, 5.74) is 0.569. The molecule has 1 N–H and O–H groups in total. The number of benzene rings is 1. The van der Waals surface area contributed by atoms with Gasteiger partial charge in [-0.05, 0) is 75.5 Å². The van der Waals surface area contributed by atoms with Crippen molar-refractivity contribution in [3.05, 3.63) is 23.8 Å². The van der Waals surface area contributed by atoms with Crippen molar-refractivity contribution in [2.24, 2.45) is 17.8 Å². The Bertz CT molecular complexity index is 980. The molecule has 3 fully saturated rings. The molecular formula is C31H49N3O7. The minimum absolute atomic E-state index is 0.0147. The van der Waals surface area contributed by atoms with Gasteiger partial charge in [0.05, 0.1) is 20.3 Å². The monoisotopic (exact) mass is 575 g/mol. The van der Waals surface area contributed by atoms with Crippen LogP contribution in [0.2, 0.25) is 0 Å². The summed E-state index contributed by atoms with van der Waals surface area (Å²) in [6, 6.07) is 5.64. The van der Waals surface area contributed by atoms with Gasteiger partial charge in [0.25, 0.3) is 5.91 Å². The van der Waals surface area contributed by atoms with E-state index in [1.54, 1.807) is 32.4 Å². The topological polar surface area (TPSA) is 98.8 Å². The van der Waals surface area contributed by atoms with Crippen LogP contribution in [0.4, 0.5) is 4.79 Å². The van der Waals surface area contributed by atoms with Crippen molar-refractivity contribution in [2.45, 2.75) is 58.0 Å². The lowest BCUT2D eigenvalue weighted by molar-refractivity contribution is 0.0265. The van der Waals surface area contributed by atoms with Crippen LogP contribution < -0.4 is 14.8 Å². The Morgan fingerprint density at radius 1 is 1.00 bits per heavy atom. The molecule has 1 saturated carbocycles. The fourth-order valence-corrected chi connectivity index (χ4v) is 5.67. The highest BCUT2D eigenvalue weighted by atomic mass is 16.6. The summed E-state index contributed by atoms with van der Waals surface area (Å²) >= 11 is 0. The van der Waals surface area contributed by atoms with Gasteiger partial charge in [-0.15, -0.1) is 0 Å². The summed E-state index contributed by atoms with van der Waals surface area (Å²) in [6.07, 6.45) is 4.49. The Labute approximate surface area is 244 Å². The molecule has 2 saturated heterocycles. The lowest BCUT2D eigenvalue weighted by atomic mass is 9.94. The molecule has 0 bridgehead atoms. The molecule has 2 amide bonds. The maximum Gasteiger partial charge on any atom is 0.410 e. The zero-order chi connectivity index (χ0) is 29.2. The van der Waals surface area contributed by atoms with Gasteiger partial charge in [0.15, 0.2) is 11.5 Å². The summed E-state index contributed by atoms with van der Waals surface area (Å²) < 4.78 is 27.7. The van der Waals surface area contributed by atoms with E-state index < -0.39 is 0 Å². The van der Waals surface area contributed by atoms with Crippen LogP contribution in [0.25, 0.3) is 0 Å². The predicted octanol–water partition coefficient (Wildman–Crippen LogP) is 3.82. The van der Waals surface area contributed by atoms with Gasteiger partial charge in [-0.25, -0.2) is 4.79 Å². The first-order chi connectivity index (χ1) is 19.9. The highest BCUT2D eigenvalue weighted by Crippen LogP contribution is 2.32. The second-order valence-electron chi connectivity index (χ2n) is 11.8. The van der Waals surface area contributed by atoms with Crippen LogP contribution in [-0.4, -0.2) is 107 Å². The Balaban J connectivity index is 1.38. The first-order valence-corrected chi connectivity index (χ1v) is 15.2. The highest BCUT2D eigenvalue weighted by Gasteiger charge is 2.39. The van der Waals surface area contributed by atoms with Gasteiger partial charge in [-0.1, -0.05) is 0 Å².